The van der Waals surface area contributed by atoms with E-state index in [1.54, 1.807) is 12.1 Å². The summed E-state index contributed by atoms with van der Waals surface area (Å²) >= 11 is 0. The normalized spacial score (nSPS) is 14.6. The molecule has 9 heteroatoms. The van der Waals surface area contributed by atoms with Gasteiger partial charge in [0.25, 0.3) is 0 Å². The summed E-state index contributed by atoms with van der Waals surface area (Å²) in [5.41, 5.74) is 0.760. The number of carbonyl (C=O) groups excluding carboxylic acids is 1. The van der Waals surface area contributed by atoms with Gasteiger partial charge < -0.3 is 4.90 Å². The molecule has 0 aliphatic carbocycles. The third-order valence-electron chi connectivity index (χ3n) is 3.99. The number of alkyl halides is 3. The van der Waals surface area contributed by atoms with Crippen molar-refractivity contribution in [1.29, 1.82) is 0 Å². The number of para-hydroxylation sites is 1. The molecule has 2 aromatic rings. The molecule has 2 heterocycles. The predicted molar refractivity (Wildman–Crippen MR) is 79.6 cm³/mol. The zero-order valence-electron chi connectivity index (χ0n) is 12.9. The third kappa shape index (κ3) is 2.81. The molecule has 6 nitrogen and oxygen atoms in total. The van der Waals surface area contributed by atoms with Gasteiger partial charge in [0.05, 0.1) is 0 Å². The minimum absolute atomic E-state index is 0.400. The van der Waals surface area contributed by atoms with E-state index in [2.05, 4.69) is 5.10 Å². The van der Waals surface area contributed by atoms with Gasteiger partial charge in [0.1, 0.15) is 6.54 Å². The van der Waals surface area contributed by atoms with E-state index in [1.807, 2.05) is 12.1 Å². The fourth-order valence-corrected chi connectivity index (χ4v) is 2.84. The molecule has 0 spiro atoms. The van der Waals surface area contributed by atoms with Crippen molar-refractivity contribution in [1.82, 2.24) is 14.3 Å². The number of aryl methyl sites for hydroxylation is 1. The summed E-state index contributed by atoms with van der Waals surface area (Å²) in [4.78, 5) is 25.9. The molecule has 3 rings (SSSR count). The first-order valence-corrected chi connectivity index (χ1v) is 7.38. The largest absolute Gasteiger partial charge is 0.451 e. The van der Waals surface area contributed by atoms with E-state index in [0.717, 1.165) is 31.1 Å². The highest BCUT2D eigenvalue weighted by Gasteiger charge is 2.38. The fraction of sp³-hybridized carbons (Fsp3) is 0.400. The Morgan fingerprint density at radius 2 is 2.00 bits per heavy atom. The molecule has 0 atom stereocenters. The molecule has 0 saturated heterocycles. The number of carbonyl (C=O) groups is 1. The minimum Gasteiger partial charge on any atom is -0.311 e. The van der Waals surface area contributed by atoms with Crippen LogP contribution in [-0.2, 0) is 31.0 Å². The molecule has 0 saturated carbocycles. The first-order valence-electron chi connectivity index (χ1n) is 7.38. The molecule has 1 aromatic heterocycles. The van der Waals surface area contributed by atoms with Crippen LogP contribution in [0.5, 0.6) is 0 Å². The lowest BCUT2D eigenvalue weighted by Gasteiger charge is -2.29. The topological polar surface area (TPSA) is 60.1 Å². The van der Waals surface area contributed by atoms with Gasteiger partial charge in [0.2, 0.25) is 11.7 Å². The Balaban J connectivity index is 1.88. The van der Waals surface area contributed by atoms with E-state index in [4.69, 9.17) is 0 Å². The van der Waals surface area contributed by atoms with Gasteiger partial charge in [-0.15, -0.1) is 5.10 Å². The van der Waals surface area contributed by atoms with Gasteiger partial charge in [-0.1, -0.05) is 18.2 Å². The first-order chi connectivity index (χ1) is 11.3. The number of anilines is 1. The Hall–Kier alpha value is -2.58. The van der Waals surface area contributed by atoms with Crippen molar-refractivity contribution in [3.05, 3.63) is 46.1 Å². The molecule has 0 radical (unpaired) electrons. The number of benzene rings is 1. The van der Waals surface area contributed by atoms with Crippen LogP contribution in [0.2, 0.25) is 0 Å². The number of rotatable bonds is 2. The average Bonchev–Trinajstić information content (AvgIpc) is 2.82. The summed E-state index contributed by atoms with van der Waals surface area (Å²) in [6, 6.07) is 7.35. The van der Waals surface area contributed by atoms with E-state index in [0.29, 0.717) is 15.8 Å². The number of hydrogen-bond acceptors (Lipinski definition) is 3. The zero-order valence-corrected chi connectivity index (χ0v) is 12.9. The van der Waals surface area contributed by atoms with Gasteiger partial charge in [-0.25, -0.2) is 9.48 Å². The van der Waals surface area contributed by atoms with Crippen LogP contribution in [0.15, 0.2) is 29.1 Å². The maximum atomic E-state index is 12.8. The zero-order chi connectivity index (χ0) is 17.5. The summed E-state index contributed by atoms with van der Waals surface area (Å²) in [5, 5.41) is 3.27. The van der Waals surface area contributed by atoms with Crippen molar-refractivity contribution in [3.8, 4) is 0 Å². The lowest BCUT2D eigenvalue weighted by Crippen LogP contribution is -2.40. The van der Waals surface area contributed by atoms with Crippen LogP contribution in [0, 0.1) is 0 Å². The molecule has 0 bridgehead atoms. The van der Waals surface area contributed by atoms with Crippen LogP contribution in [0.4, 0.5) is 18.9 Å². The summed E-state index contributed by atoms with van der Waals surface area (Å²) in [5.74, 6) is -1.78. The van der Waals surface area contributed by atoms with Crippen LogP contribution in [0.3, 0.4) is 0 Å². The molecular weight excluding hydrogens is 325 g/mol. The second-order valence-corrected chi connectivity index (χ2v) is 5.60. The Bertz CT molecular complexity index is 838. The van der Waals surface area contributed by atoms with Crippen molar-refractivity contribution in [2.45, 2.75) is 25.6 Å². The number of aromatic nitrogens is 3. The van der Waals surface area contributed by atoms with Crippen molar-refractivity contribution >= 4 is 11.6 Å². The van der Waals surface area contributed by atoms with Crippen LogP contribution in [-0.4, -0.2) is 26.8 Å². The summed E-state index contributed by atoms with van der Waals surface area (Å²) in [6.07, 6.45) is -3.16. The number of halogens is 3. The van der Waals surface area contributed by atoms with E-state index in [1.165, 1.54) is 4.90 Å². The van der Waals surface area contributed by atoms with Crippen LogP contribution in [0.25, 0.3) is 0 Å². The van der Waals surface area contributed by atoms with Crippen LogP contribution < -0.4 is 10.6 Å². The lowest BCUT2D eigenvalue weighted by molar-refractivity contribution is -0.147. The first kappa shape index (κ1) is 16.3. The third-order valence-corrected chi connectivity index (χ3v) is 3.99. The van der Waals surface area contributed by atoms with Gasteiger partial charge in [0.15, 0.2) is 0 Å². The van der Waals surface area contributed by atoms with Crippen molar-refractivity contribution in [2.75, 3.05) is 11.4 Å². The van der Waals surface area contributed by atoms with E-state index < -0.39 is 30.1 Å². The Kier molecular flexibility index (Phi) is 3.94. The average molecular weight is 340 g/mol. The second kappa shape index (κ2) is 5.81. The van der Waals surface area contributed by atoms with Gasteiger partial charge in [-0.2, -0.15) is 13.2 Å². The second-order valence-electron chi connectivity index (χ2n) is 5.60. The van der Waals surface area contributed by atoms with E-state index >= 15 is 0 Å². The molecule has 1 aliphatic rings. The minimum atomic E-state index is -4.75. The highest BCUT2D eigenvalue weighted by atomic mass is 19.4. The molecule has 0 N–H and O–H groups in total. The predicted octanol–water partition coefficient (Wildman–Crippen LogP) is 1.58. The molecule has 1 amide bonds. The maximum absolute atomic E-state index is 12.8. The maximum Gasteiger partial charge on any atom is 0.451 e. The Morgan fingerprint density at radius 3 is 2.67 bits per heavy atom. The summed E-state index contributed by atoms with van der Waals surface area (Å²) < 4.78 is 39.4. The Labute approximate surface area is 135 Å². The lowest BCUT2D eigenvalue weighted by atomic mass is 10.0. The number of fused-ring (bicyclic) bond motifs is 1. The molecule has 24 heavy (non-hydrogen) atoms. The number of amides is 1. The smallest absolute Gasteiger partial charge is 0.311 e. The highest BCUT2D eigenvalue weighted by Crippen LogP contribution is 2.27. The molecule has 0 unspecified atom stereocenters. The Morgan fingerprint density at radius 1 is 1.29 bits per heavy atom. The molecular formula is C15H15F3N4O2. The fourth-order valence-electron chi connectivity index (χ4n) is 2.84. The van der Waals surface area contributed by atoms with Gasteiger partial charge in [-0.05, 0) is 24.5 Å². The SMILES string of the molecule is Cn1c(C(F)(F)F)nn(CC(=O)N2CCCc3ccccc32)c1=O. The van der Waals surface area contributed by atoms with Gasteiger partial charge >= 0.3 is 11.9 Å². The van der Waals surface area contributed by atoms with Gasteiger partial charge in [0, 0.05) is 19.3 Å². The van der Waals surface area contributed by atoms with Gasteiger partial charge in [-0.3, -0.25) is 9.36 Å². The van der Waals surface area contributed by atoms with E-state index in [9.17, 15) is 22.8 Å². The summed E-state index contributed by atoms with van der Waals surface area (Å²) in [7, 11) is 0.981. The monoisotopic (exact) mass is 340 g/mol. The van der Waals surface area contributed by atoms with Crippen molar-refractivity contribution < 1.29 is 18.0 Å². The number of hydrogen-bond donors (Lipinski definition) is 0. The number of nitrogens with zero attached hydrogens (tertiary/aromatic N) is 4. The summed E-state index contributed by atoms with van der Waals surface area (Å²) in [6.45, 7) is -0.0688. The van der Waals surface area contributed by atoms with Crippen LogP contribution in [0.1, 0.15) is 17.8 Å². The quantitative estimate of drug-likeness (QED) is 0.834. The molecule has 1 aromatic carbocycles. The standard InChI is InChI=1S/C15H15F3N4O2/c1-20-13(15(16,17)18)19-22(14(20)24)9-12(23)21-8-4-6-10-5-2-3-7-11(10)21/h2-3,5,7H,4,6,8-9H2,1H3. The molecule has 0 fully saturated rings. The highest BCUT2D eigenvalue weighted by molar-refractivity contribution is 5.94. The van der Waals surface area contributed by atoms with Crippen molar-refractivity contribution in [2.24, 2.45) is 7.05 Å². The van der Waals surface area contributed by atoms with E-state index in [-0.39, 0.29) is 0 Å². The van der Waals surface area contributed by atoms with Crippen LogP contribution >= 0.6 is 0 Å². The molecule has 128 valence electrons. The molecule has 1 aliphatic heterocycles. The van der Waals surface area contributed by atoms with Crippen molar-refractivity contribution in [3.63, 3.8) is 0 Å².